The molecule has 1 heterocycles. The SMILES string of the molecule is Nc1[nH]c2ccccc2c(=O)c1-c1ccccc1. The Hall–Kier alpha value is -2.55. The number of nitrogens with one attached hydrogen (secondary N) is 1. The Labute approximate surface area is 104 Å². The highest BCUT2D eigenvalue weighted by molar-refractivity contribution is 5.88. The molecular weight excluding hydrogens is 224 g/mol. The topological polar surface area (TPSA) is 58.9 Å². The van der Waals surface area contributed by atoms with E-state index in [-0.39, 0.29) is 5.43 Å². The second kappa shape index (κ2) is 4.04. The van der Waals surface area contributed by atoms with Crippen LogP contribution in [0.5, 0.6) is 0 Å². The van der Waals surface area contributed by atoms with Crippen molar-refractivity contribution in [3.8, 4) is 11.1 Å². The van der Waals surface area contributed by atoms with Gasteiger partial charge in [-0.05, 0) is 17.7 Å². The lowest BCUT2D eigenvalue weighted by molar-refractivity contribution is 1.39. The summed E-state index contributed by atoms with van der Waals surface area (Å²) in [4.78, 5) is 15.5. The maximum atomic E-state index is 12.4. The average molecular weight is 236 g/mol. The van der Waals surface area contributed by atoms with E-state index in [1.165, 1.54) is 0 Å². The van der Waals surface area contributed by atoms with E-state index in [9.17, 15) is 4.79 Å². The molecule has 3 nitrogen and oxygen atoms in total. The zero-order valence-corrected chi connectivity index (χ0v) is 9.68. The first-order valence-electron chi connectivity index (χ1n) is 5.73. The Bertz CT molecular complexity index is 760. The van der Waals surface area contributed by atoms with Crippen molar-refractivity contribution >= 4 is 16.7 Å². The van der Waals surface area contributed by atoms with Crippen molar-refractivity contribution in [2.24, 2.45) is 0 Å². The minimum absolute atomic E-state index is 0.0342. The van der Waals surface area contributed by atoms with Gasteiger partial charge in [-0.15, -0.1) is 0 Å². The quantitative estimate of drug-likeness (QED) is 0.682. The van der Waals surface area contributed by atoms with Gasteiger partial charge in [-0.3, -0.25) is 4.79 Å². The van der Waals surface area contributed by atoms with Crippen LogP contribution in [0.4, 0.5) is 5.82 Å². The minimum atomic E-state index is -0.0342. The van der Waals surface area contributed by atoms with Gasteiger partial charge in [0.1, 0.15) is 5.82 Å². The van der Waals surface area contributed by atoms with Gasteiger partial charge < -0.3 is 10.7 Å². The highest BCUT2D eigenvalue weighted by Gasteiger charge is 2.10. The van der Waals surface area contributed by atoms with Gasteiger partial charge in [0.15, 0.2) is 5.43 Å². The smallest absolute Gasteiger partial charge is 0.199 e. The van der Waals surface area contributed by atoms with Crippen molar-refractivity contribution in [2.45, 2.75) is 0 Å². The van der Waals surface area contributed by atoms with Crippen LogP contribution in [0.15, 0.2) is 59.4 Å². The average Bonchev–Trinajstić information content (AvgIpc) is 2.40. The molecular formula is C15H12N2O. The second-order valence-corrected chi connectivity index (χ2v) is 4.15. The predicted octanol–water partition coefficient (Wildman–Crippen LogP) is 2.78. The number of rotatable bonds is 1. The molecule has 0 fully saturated rings. The maximum Gasteiger partial charge on any atom is 0.199 e. The Morgan fingerprint density at radius 2 is 1.56 bits per heavy atom. The molecule has 0 saturated carbocycles. The van der Waals surface area contributed by atoms with Crippen LogP contribution in [-0.2, 0) is 0 Å². The molecule has 0 radical (unpaired) electrons. The van der Waals surface area contributed by atoms with Gasteiger partial charge in [-0.25, -0.2) is 0 Å². The van der Waals surface area contributed by atoms with E-state index in [0.717, 1.165) is 11.1 Å². The Morgan fingerprint density at radius 3 is 2.33 bits per heavy atom. The molecule has 0 aliphatic carbocycles. The highest BCUT2D eigenvalue weighted by Crippen LogP contribution is 2.22. The summed E-state index contributed by atoms with van der Waals surface area (Å²) >= 11 is 0. The van der Waals surface area contributed by atoms with Gasteiger partial charge in [-0.2, -0.15) is 0 Å². The zero-order chi connectivity index (χ0) is 12.5. The molecule has 1 aromatic heterocycles. The fourth-order valence-electron chi connectivity index (χ4n) is 2.15. The number of benzene rings is 2. The van der Waals surface area contributed by atoms with Crippen LogP contribution in [0.3, 0.4) is 0 Å². The number of aromatic nitrogens is 1. The number of pyridine rings is 1. The molecule has 0 aliphatic heterocycles. The summed E-state index contributed by atoms with van der Waals surface area (Å²) in [6.07, 6.45) is 0. The molecule has 3 rings (SSSR count). The molecule has 0 atom stereocenters. The second-order valence-electron chi connectivity index (χ2n) is 4.15. The molecule has 0 aliphatic rings. The molecule has 3 aromatic rings. The number of hydrogen-bond acceptors (Lipinski definition) is 2. The van der Waals surface area contributed by atoms with Crippen LogP contribution in [0.1, 0.15) is 0 Å². The van der Waals surface area contributed by atoms with Crippen molar-refractivity contribution < 1.29 is 0 Å². The van der Waals surface area contributed by atoms with Crippen molar-refractivity contribution in [3.05, 3.63) is 64.8 Å². The van der Waals surface area contributed by atoms with E-state index in [1.807, 2.05) is 48.5 Å². The summed E-state index contributed by atoms with van der Waals surface area (Å²) in [7, 11) is 0. The van der Waals surface area contributed by atoms with E-state index >= 15 is 0 Å². The molecule has 0 saturated heterocycles. The molecule has 0 amide bonds. The van der Waals surface area contributed by atoms with E-state index in [4.69, 9.17) is 5.73 Å². The maximum absolute atomic E-state index is 12.4. The van der Waals surface area contributed by atoms with Crippen LogP contribution in [0.2, 0.25) is 0 Å². The molecule has 0 spiro atoms. The largest absolute Gasteiger partial charge is 0.385 e. The highest BCUT2D eigenvalue weighted by atomic mass is 16.1. The Balaban J connectivity index is 2.41. The van der Waals surface area contributed by atoms with Crippen molar-refractivity contribution in [1.29, 1.82) is 0 Å². The Kier molecular flexibility index (Phi) is 2.38. The lowest BCUT2D eigenvalue weighted by Gasteiger charge is -2.07. The first kappa shape index (κ1) is 10.6. The van der Waals surface area contributed by atoms with Crippen LogP contribution < -0.4 is 11.2 Å². The third kappa shape index (κ3) is 1.57. The Morgan fingerprint density at radius 1 is 0.889 bits per heavy atom. The number of para-hydroxylation sites is 1. The number of hydrogen-bond donors (Lipinski definition) is 2. The van der Waals surface area contributed by atoms with Crippen molar-refractivity contribution in [3.63, 3.8) is 0 Å². The number of nitrogen functional groups attached to an aromatic ring is 1. The molecule has 18 heavy (non-hydrogen) atoms. The van der Waals surface area contributed by atoms with E-state index in [2.05, 4.69) is 4.98 Å². The minimum Gasteiger partial charge on any atom is -0.385 e. The number of fused-ring (bicyclic) bond motifs is 1. The van der Waals surface area contributed by atoms with E-state index in [0.29, 0.717) is 16.8 Å². The molecule has 2 aromatic carbocycles. The summed E-state index contributed by atoms with van der Waals surface area (Å²) in [6.45, 7) is 0. The van der Waals surface area contributed by atoms with Crippen LogP contribution in [0, 0.1) is 0 Å². The molecule has 88 valence electrons. The first-order chi connectivity index (χ1) is 8.77. The lowest BCUT2D eigenvalue weighted by Crippen LogP contribution is -2.10. The zero-order valence-electron chi connectivity index (χ0n) is 9.68. The van der Waals surface area contributed by atoms with Gasteiger partial charge in [0.25, 0.3) is 0 Å². The normalized spacial score (nSPS) is 10.7. The molecule has 3 heteroatoms. The van der Waals surface area contributed by atoms with Crippen LogP contribution in [0.25, 0.3) is 22.0 Å². The summed E-state index contributed by atoms with van der Waals surface area (Å²) in [6, 6.07) is 16.8. The number of aromatic amines is 1. The third-order valence-corrected chi connectivity index (χ3v) is 3.00. The monoisotopic (exact) mass is 236 g/mol. The van der Waals surface area contributed by atoms with Crippen molar-refractivity contribution in [2.75, 3.05) is 5.73 Å². The molecule has 0 bridgehead atoms. The van der Waals surface area contributed by atoms with Gasteiger partial charge in [-0.1, -0.05) is 42.5 Å². The fraction of sp³-hybridized carbons (Fsp3) is 0. The fourth-order valence-corrected chi connectivity index (χ4v) is 2.15. The molecule has 3 N–H and O–H groups in total. The van der Waals surface area contributed by atoms with Gasteiger partial charge in [0.05, 0.1) is 11.1 Å². The number of nitrogens with two attached hydrogens (primary N) is 1. The lowest BCUT2D eigenvalue weighted by atomic mass is 10.0. The van der Waals surface area contributed by atoms with Crippen LogP contribution in [-0.4, -0.2) is 4.98 Å². The van der Waals surface area contributed by atoms with Gasteiger partial charge in [0.2, 0.25) is 0 Å². The van der Waals surface area contributed by atoms with E-state index in [1.54, 1.807) is 6.07 Å². The van der Waals surface area contributed by atoms with E-state index < -0.39 is 0 Å². The van der Waals surface area contributed by atoms with Crippen LogP contribution >= 0.6 is 0 Å². The summed E-state index contributed by atoms with van der Waals surface area (Å²) in [5, 5.41) is 0.658. The standard InChI is InChI=1S/C15H12N2O/c16-15-13(10-6-2-1-3-7-10)14(18)11-8-4-5-9-12(11)17-15/h1-9H,(H3,16,17,18). The summed E-state index contributed by atoms with van der Waals surface area (Å²) in [5.74, 6) is 0.407. The predicted molar refractivity (Wildman–Crippen MR) is 74.4 cm³/mol. The number of H-pyrrole nitrogens is 1. The van der Waals surface area contributed by atoms with Gasteiger partial charge in [0, 0.05) is 5.39 Å². The summed E-state index contributed by atoms with van der Waals surface area (Å²) < 4.78 is 0. The third-order valence-electron chi connectivity index (χ3n) is 3.00. The van der Waals surface area contributed by atoms with Gasteiger partial charge >= 0.3 is 0 Å². The van der Waals surface area contributed by atoms with Crippen molar-refractivity contribution in [1.82, 2.24) is 4.98 Å². The first-order valence-corrected chi connectivity index (χ1v) is 5.73. The number of anilines is 1. The molecule has 0 unspecified atom stereocenters. The summed E-state index contributed by atoms with van der Waals surface area (Å²) in [5.41, 5.74) is 8.06.